The normalized spacial score (nSPS) is 19.9. The van der Waals surface area contributed by atoms with E-state index in [1.54, 1.807) is 13.3 Å². The summed E-state index contributed by atoms with van der Waals surface area (Å²) in [6, 6.07) is 20.5. The number of amides is 2. The topological polar surface area (TPSA) is 71.5 Å². The summed E-state index contributed by atoms with van der Waals surface area (Å²) in [5.41, 5.74) is 3.06. The van der Waals surface area contributed by atoms with E-state index in [9.17, 15) is 9.59 Å². The molecule has 1 saturated carbocycles. The minimum absolute atomic E-state index is 0.00954. The number of pyridine rings is 1. The summed E-state index contributed by atoms with van der Waals surface area (Å²) in [6.07, 6.45) is 3.62. The third kappa shape index (κ3) is 3.73. The van der Waals surface area contributed by atoms with Crippen LogP contribution in [-0.2, 0) is 11.3 Å². The first-order valence-corrected chi connectivity index (χ1v) is 10.9. The van der Waals surface area contributed by atoms with Gasteiger partial charge >= 0.3 is 0 Å². The van der Waals surface area contributed by atoms with Gasteiger partial charge in [0.25, 0.3) is 5.91 Å². The fraction of sp³-hybridized carbons (Fsp3) is 0.269. The maximum atomic E-state index is 13.7. The van der Waals surface area contributed by atoms with Crippen LogP contribution < -0.4 is 10.1 Å². The van der Waals surface area contributed by atoms with Crippen molar-refractivity contribution in [3.63, 3.8) is 0 Å². The van der Waals surface area contributed by atoms with Gasteiger partial charge in [-0.15, -0.1) is 0 Å². The molecule has 2 heterocycles. The average molecular weight is 428 g/mol. The van der Waals surface area contributed by atoms with Gasteiger partial charge in [-0.05, 0) is 54.3 Å². The molecule has 3 aromatic rings. The lowest BCUT2D eigenvalue weighted by atomic mass is 9.79. The van der Waals surface area contributed by atoms with Crippen molar-refractivity contribution in [1.82, 2.24) is 15.2 Å². The molecule has 0 bridgehead atoms. The number of nitrogens with zero attached hydrogens (tertiary/aromatic N) is 2. The second-order valence-corrected chi connectivity index (χ2v) is 8.27. The van der Waals surface area contributed by atoms with Gasteiger partial charge in [-0.25, -0.2) is 0 Å². The van der Waals surface area contributed by atoms with E-state index < -0.39 is 12.0 Å². The molecule has 0 radical (unpaired) electrons. The second kappa shape index (κ2) is 8.46. The Kier molecular flexibility index (Phi) is 5.35. The molecule has 2 atom stereocenters. The quantitative estimate of drug-likeness (QED) is 0.649. The van der Waals surface area contributed by atoms with Crippen LogP contribution in [0.3, 0.4) is 0 Å². The molecule has 0 unspecified atom stereocenters. The first-order valence-electron chi connectivity index (χ1n) is 10.9. The Morgan fingerprint density at radius 1 is 1.09 bits per heavy atom. The number of aromatic nitrogens is 1. The van der Waals surface area contributed by atoms with Crippen LogP contribution in [0.2, 0.25) is 0 Å². The van der Waals surface area contributed by atoms with Gasteiger partial charge < -0.3 is 15.0 Å². The molecule has 1 aliphatic carbocycles. The highest BCUT2D eigenvalue weighted by atomic mass is 16.5. The van der Waals surface area contributed by atoms with Crippen LogP contribution in [0.15, 0.2) is 72.9 Å². The predicted octanol–water partition coefficient (Wildman–Crippen LogP) is 3.85. The van der Waals surface area contributed by atoms with Crippen LogP contribution in [0, 0.1) is 0 Å². The molecular formula is C26H25N3O3. The first kappa shape index (κ1) is 20.2. The Morgan fingerprint density at radius 3 is 2.66 bits per heavy atom. The molecule has 2 amide bonds. The lowest BCUT2D eigenvalue weighted by Crippen LogP contribution is -2.48. The molecule has 162 valence electrons. The molecule has 5 rings (SSSR count). The Hall–Kier alpha value is -3.67. The average Bonchev–Trinajstić information content (AvgIpc) is 3.68. The summed E-state index contributed by atoms with van der Waals surface area (Å²) in [6.45, 7) is 0.334. The predicted molar refractivity (Wildman–Crippen MR) is 120 cm³/mol. The van der Waals surface area contributed by atoms with E-state index in [1.807, 2.05) is 71.6 Å². The monoisotopic (exact) mass is 427 g/mol. The number of carbonyl (C=O) groups excluding carboxylic acids is 2. The van der Waals surface area contributed by atoms with E-state index in [0.717, 1.165) is 29.7 Å². The highest BCUT2D eigenvalue weighted by Gasteiger charge is 2.49. The minimum Gasteiger partial charge on any atom is -0.497 e. The summed E-state index contributed by atoms with van der Waals surface area (Å²) in [5.74, 6) is 0.0521. The van der Waals surface area contributed by atoms with Gasteiger partial charge in [0, 0.05) is 17.8 Å². The SMILES string of the molecule is COc1cccc([C@H]2[C@H](C(=O)NCc3ccccn3)c3ccccc3C(=O)N2C2CC2)c1. The Bertz CT molecular complexity index is 1140. The molecule has 0 spiro atoms. The number of hydrogen-bond acceptors (Lipinski definition) is 4. The number of nitrogens with one attached hydrogen (secondary N) is 1. The van der Waals surface area contributed by atoms with Crippen molar-refractivity contribution in [2.24, 2.45) is 0 Å². The van der Waals surface area contributed by atoms with E-state index in [1.165, 1.54) is 0 Å². The summed E-state index contributed by atoms with van der Waals surface area (Å²) in [7, 11) is 1.62. The zero-order valence-corrected chi connectivity index (χ0v) is 17.9. The minimum atomic E-state index is -0.527. The van der Waals surface area contributed by atoms with E-state index in [-0.39, 0.29) is 17.9 Å². The molecule has 2 aliphatic rings. The van der Waals surface area contributed by atoms with Crippen LogP contribution >= 0.6 is 0 Å². The molecule has 32 heavy (non-hydrogen) atoms. The molecule has 1 aliphatic heterocycles. The van der Waals surface area contributed by atoms with Crippen molar-refractivity contribution in [2.45, 2.75) is 37.4 Å². The van der Waals surface area contributed by atoms with E-state index in [0.29, 0.717) is 17.9 Å². The maximum absolute atomic E-state index is 13.7. The van der Waals surface area contributed by atoms with Crippen molar-refractivity contribution in [1.29, 1.82) is 0 Å². The Balaban J connectivity index is 1.58. The Labute approximate surface area is 187 Å². The summed E-state index contributed by atoms with van der Waals surface area (Å²) < 4.78 is 5.44. The number of rotatable bonds is 6. The summed E-state index contributed by atoms with van der Waals surface area (Å²) in [4.78, 5) is 33.4. The van der Waals surface area contributed by atoms with Crippen molar-refractivity contribution in [2.75, 3.05) is 7.11 Å². The molecule has 6 nitrogen and oxygen atoms in total. The van der Waals surface area contributed by atoms with Crippen molar-refractivity contribution >= 4 is 11.8 Å². The lowest BCUT2D eigenvalue weighted by Gasteiger charge is -2.42. The summed E-state index contributed by atoms with van der Waals surface area (Å²) in [5, 5.41) is 3.06. The number of methoxy groups -OCH3 is 1. The molecule has 1 aromatic heterocycles. The van der Waals surface area contributed by atoms with E-state index >= 15 is 0 Å². The van der Waals surface area contributed by atoms with Crippen molar-refractivity contribution in [3.8, 4) is 5.75 Å². The molecule has 1 N–H and O–H groups in total. The van der Waals surface area contributed by atoms with E-state index in [4.69, 9.17) is 4.74 Å². The van der Waals surface area contributed by atoms with Crippen LogP contribution in [0.5, 0.6) is 5.75 Å². The molecule has 6 heteroatoms. The van der Waals surface area contributed by atoms with Gasteiger partial charge in [-0.2, -0.15) is 0 Å². The maximum Gasteiger partial charge on any atom is 0.254 e. The Morgan fingerprint density at radius 2 is 1.91 bits per heavy atom. The van der Waals surface area contributed by atoms with E-state index in [2.05, 4.69) is 10.3 Å². The third-order valence-electron chi connectivity index (χ3n) is 6.20. The molecule has 0 saturated heterocycles. The number of carbonyl (C=O) groups is 2. The number of ether oxygens (including phenoxy) is 1. The van der Waals surface area contributed by atoms with Gasteiger partial charge in [-0.1, -0.05) is 36.4 Å². The van der Waals surface area contributed by atoms with Crippen molar-refractivity contribution < 1.29 is 14.3 Å². The number of fused-ring (bicyclic) bond motifs is 1. The third-order valence-corrected chi connectivity index (χ3v) is 6.20. The van der Waals surface area contributed by atoms with Gasteiger partial charge in [0.2, 0.25) is 5.91 Å². The lowest BCUT2D eigenvalue weighted by molar-refractivity contribution is -0.124. The number of hydrogen-bond donors (Lipinski definition) is 1. The van der Waals surface area contributed by atoms with Crippen LogP contribution in [0.4, 0.5) is 0 Å². The smallest absolute Gasteiger partial charge is 0.254 e. The first-order chi connectivity index (χ1) is 15.7. The number of benzene rings is 2. The highest BCUT2D eigenvalue weighted by Crippen LogP contribution is 2.48. The van der Waals surface area contributed by atoms with Crippen molar-refractivity contribution in [3.05, 3.63) is 95.3 Å². The highest BCUT2D eigenvalue weighted by molar-refractivity contribution is 6.01. The van der Waals surface area contributed by atoms with Gasteiger partial charge in [0.15, 0.2) is 0 Å². The summed E-state index contributed by atoms with van der Waals surface area (Å²) >= 11 is 0. The largest absolute Gasteiger partial charge is 0.497 e. The van der Waals surface area contributed by atoms with Crippen LogP contribution in [0.1, 0.15) is 52.0 Å². The fourth-order valence-electron chi connectivity index (χ4n) is 4.56. The molecule has 2 aromatic carbocycles. The zero-order chi connectivity index (χ0) is 22.1. The van der Waals surface area contributed by atoms with Gasteiger partial charge in [0.1, 0.15) is 5.75 Å². The second-order valence-electron chi connectivity index (χ2n) is 8.27. The molecular weight excluding hydrogens is 402 g/mol. The van der Waals surface area contributed by atoms with Crippen LogP contribution in [0.25, 0.3) is 0 Å². The zero-order valence-electron chi connectivity index (χ0n) is 17.9. The van der Waals surface area contributed by atoms with Crippen LogP contribution in [-0.4, -0.2) is 34.8 Å². The fourth-order valence-corrected chi connectivity index (χ4v) is 4.56. The molecule has 1 fully saturated rings. The van der Waals surface area contributed by atoms with Gasteiger partial charge in [0.05, 0.1) is 31.3 Å². The standard InChI is InChI=1S/C26H25N3O3/c1-32-20-9-6-7-17(15-20)24-23(25(30)28-16-18-8-4-5-14-27-18)21-10-2-3-11-22(21)26(31)29(24)19-12-13-19/h2-11,14-15,19,23-24H,12-13,16H2,1H3,(H,28,30)/t23-,24+/m1/s1. The van der Waals surface area contributed by atoms with Gasteiger partial charge in [-0.3, -0.25) is 14.6 Å².